The molecule has 0 aromatic rings. The van der Waals surface area contributed by atoms with E-state index in [9.17, 15) is 9.90 Å². The van der Waals surface area contributed by atoms with Gasteiger partial charge in [0.2, 0.25) is 0 Å². The fourth-order valence-electron chi connectivity index (χ4n) is 0.490. The van der Waals surface area contributed by atoms with Crippen LogP contribution < -0.4 is 0 Å². The van der Waals surface area contributed by atoms with Gasteiger partial charge in [-0.2, -0.15) is 0 Å². The van der Waals surface area contributed by atoms with Gasteiger partial charge in [-0.15, -0.1) is 0 Å². The van der Waals surface area contributed by atoms with E-state index < -0.39 is 18.1 Å². The van der Waals surface area contributed by atoms with Gasteiger partial charge < -0.3 is 10.2 Å². The Hall–Kier alpha value is -0.650. The molecule has 5 nitrogen and oxygen atoms in total. The summed E-state index contributed by atoms with van der Waals surface area (Å²) in [6.45, 7) is 0.588. The molecule has 0 aliphatic heterocycles. The third-order valence-electron chi connectivity index (χ3n) is 1.33. The normalized spacial score (nSPS) is 15.7. The first-order valence-electron chi connectivity index (χ1n) is 3.11. The van der Waals surface area contributed by atoms with Crippen LogP contribution in [0.1, 0.15) is 6.92 Å². The van der Waals surface area contributed by atoms with E-state index in [4.69, 9.17) is 5.11 Å². The summed E-state index contributed by atoms with van der Waals surface area (Å²) in [5, 5.41) is 18.6. The van der Waals surface area contributed by atoms with Crippen LogP contribution in [0, 0.1) is 0 Å². The van der Waals surface area contributed by atoms with Gasteiger partial charge in [0.25, 0.3) is 5.91 Å². The largest absolute Gasteiger partial charge is 0.393 e. The van der Waals surface area contributed by atoms with E-state index >= 15 is 0 Å². The van der Waals surface area contributed by atoms with Crippen molar-refractivity contribution in [2.24, 2.45) is 0 Å². The molecule has 0 saturated heterocycles. The van der Waals surface area contributed by atoms with E-state index in [1.165, 1.54) is 21.1 Å². The van der Waals surface area contributed by atoms with Crippen molar-refractivity contribution in [2.45, 2.75) is 12.5 Å². The smallest absolute Gasteiger partial charge is 0.279 e. The first-order valence-corrected chi connectivity index (χ1v) is 3.11. The summed E-state index contributed by atoms with van der Waals surface area (Å²) in [6, 6.07) is 0. The van der Waals surface area contributed by atoms with Crippen LogP contribution in [0.4, 0.5) is 0 Å². The van der Waals surface area contributed by atoms with Gasteiger partial charge in [0, 0.05) is 7.05 Å². The highest BCUT2D eigenvalue weighted by molar-refractivity contribution is 5.83. The Balaban J connectivity index is 4.23. The van der Waals surface area contributed by atoms with Crippen molar-refractivity contribution >= 4 is 5.91 Å². The Labute approximate surface area is 65.1 Å². The monoisotopic (exact) mass is 163 g/mol. The minimum Gasteiger partial charge on any atom is -0.393 e. The molecule has 0 aromatic carbocycles. The number of aliphatic hydroxyl groups is 2. The molecule has 0 aliphatic rings. The van der Waals surface area contributed by atoms with Crippen LogP contribution in [-0.2, 0) is 9.63 Å². The highest BCUT2D eigenvalue weighted by atomic mass is 16.7. The first kappa shape index (κ1) is 10.3. The maximum atomic E-state index is 11.0. The van der Waals surface area contributed by atoms with E-state index in [0.29, 0.717) is 0 Å². The average molecular weight is 163 g/mol. The lowest BCUT2D eigenvalue weighted by Gasteiger charge is -2.24. The molecule has 0 unspecified atom stereocenters. The van der Waals surface area contributed by atoms with Crippen molar-refractivity contribution < 1.29 is 19.8 Å². The number of hydroxylamine groups is 2. The minimum absolute atomic E-state index is 0.625. The molecule has 0 aliphatic carbocycles. The van der Waals surface area contributed by atoms with Crippen molar-refractivity contribution in [3.05, 3.63) is 0 Å². The molecule has 5 heteroatoms. The molecule has 0 radical (unpaired) electrons. The Morgan fingerprint density at radius 1 is 1.73 bits per heavy atom. The molecule has 1 atom stereocenters. The number of hydrogen-bond donors (Lipinski definition) is 2. The molecule has 11 heavy (non-hydrogen) atoms. The lowest BCUT2D eigenvalue weighted by atomic mass is 10.1. The van der Waals surface area contributed by atoms with Gasteiger partial charge in [-0.05, 0) is 6.92 Å². The van der Waals surface area contributed by atoms with Crippen molar-refractivity contribution in [1.82, 2.24) is 5.06 Å². The molecule has 0 saturated carbocycles. The lowest BCUT2D eigenvalue weighted by Crippen LogP contribution is -2.47. The van der Waals surface area contributed by atoms with Gasteiger partial charge in [-0.1, -0.05) is 0 Å². The lowest BCUT2D eigenvalue weighted by molar-refractivity contribution is -0.190. The molecule has 0 fully saturated rings. The second-order valence-electron chi connectivity index (χ2n) is 2.42. The minimum atomic E-state index is -1.76. The number of carbonyl (C=O) groups excluding carboxylic acids is 1. The predicted octanol–water partition coefficient (Wildman–Crippen LogP) is -1.25. The summed E-state index contributed by atoms with van der Waals surface area (Å²) in [6.07, 6.45) is 0. The Bertz CT molecular complexity index is 146. The average Bonchev–Trinajstić information content (AvgIpc) is 2.01. The molecule has 0 aromatic heterocycles. The van der Waals surface area contributed by atoms with Crippen LogP contribution in [0.5, 0.6) is 0 Å². The van der Waals surface area contributed by atoms with Gasteiger partial charge in [-0.3, -0.25) is 9.63 Å². The summed E-state index contributed by atoms with van der Waals surface area (Å²) in [7, 11) is 2.65. The summed E-state index contributed by atoms with van der Waals surface area (Å²) < 4.78 is 0. The van der Waals surface area contributed by atoms with Gasteiger partial charge in [0.05, 0.1) is 13.7 Å². The van der Waals surface area contributed by atoms with Crippen LogP contribution in [0.15, 0.2) is 0 Å². The third-order valence-corrected chi connectivity index (χ3v) is 1.33. The topological polar surface area (TPSA) is 70.0 Å². The summed E-state index contributed by atoms with van der Waals surface area (Å²) in [5.74, 6) is -0.678. The molecule has 66 valence electrons. The summed E-state index contributed by atoms with van der Waals surface area (Å²) >= 11 is 0. The van der Waals surface area contributed by atoms with Gasteiger partial charge >= 0.3 is 0 Å². The summed E-state index contributed by atoms with van der Waals surface area (Å²) in [5.41, 5.74) is -1.76. The number of rotatable bonds is 3. The number of carbonyl (C=O) groups is 1. The van der Waals surface area contributed by atoms with Gasteiger partial charge in [0.15, 0.2) is 5.60 Å². The van der Waals surface area contributed by atoms with Crippen molar-refractivity contribution in [3.8, 4) is 0 Å². The highest BCUT2D eigenvalue weighted by Crippen LogP contribution is 2.05. The van der Waals surface area contributed by atoms with Crippen molar-refractivity contribution in [1.29, 1.82) is 0 Å². The number of amides is 1. The molecular formula is C6H13NO4. The van der Waals surface area contributed by atoms with Crippen LogP contribution in [-0.4, -0.2) is 47.5 Å². The van der Waals surface area contributed by atoms with Gasteiger partial charge in [-0.25, -0.2) is 5.06 Å². The molecule has 1 amide bonds. The van der Waals surface area contributed by atoms with E-state index in [0.717, 1.165) is 5.06 Å². The Kier molecular flexibility index (Phi) is 3.44. The zero-order chi connectivity index (χ0) is 9.07. The maximum Gasteiger partial charge on any atom is 0.279 e. The number of hydrogen-bond acceptors (Lipinski definition) is 4. The molecule has 0 rings (SSSR count). The fraction of sp³-hybridized carbons (Fsp3) is 0.833. The standard InChI is InChI=1S/C6H13NO4/c1-6(10,4-8)5(9)7(2)11-3/h8,10H,4H2,1-3H3/t6-/m1/s1. The van der Waals surface area contributed by atoms with Crippen LogP contribution in [0.3, 0.4) is 0 Å². The predicted molar refractivity (Wildman–Crippen MR) is 37.5 cm³/mol. The molecule has 0 heterocycles. The van der Waals surface area contributed by atoms with E-state index in [1.807, 2.05) is 0 Å². The second-order valence-corrected chi connectivity index (χ2v) is 2.42. The van der Waals surface area contributed by atoms with Crippen LogP contribution >= 0.6 is 0 Å². The molecule has 0 spiro atoms. The SMILES string of the molecule is CON(C)C(=O)[C@](C)(O)CO. The van der Waals surface area contributed by atoms with E-state index in [2.05, 4.69) is 4.84 Å². The number of likely N-dealkylation sites (N-methyl/N-ethyl adjacent to an activating group) is 1. The van der Waals surface area contributed by atoms with E-state index in [1.54, 1.807) is 0 Å². The fourth-order valence-corrected chi connectivity index (χ4v) is 0.490. The van der Waals surface area contributed by atoms with Gasteiger partial charge in [0.1, 0.15) is 0 Å². The first-order chi connectivity index (χ1) is 4.95. The van der Waals surface area contributed by atoms with Crippen LogP contribution in [0.2, 0.25) is 0 Å². The zero-order valence-corrected chi connectivity index (χ0v) is 6.87. The van der Waals surface area contributed by atoms with Crippen LogP contribution in [0.25, 0.3) is 0 Å². The van der Waals surface area contributed by atoms with Crippen molar-refractivity contribution in [2.75, 3.05) is 20.8 Å². The molecule has 0 bridgehead atoms. The number of aliphatic hydroxyl groups excluding tert-OH is 1. The Morgan fingerprint density at radius 3 is 2.45 bits per heavy atom. The second kappa shape index (κ2) is 3.66. The highest BCUT2D eigenvalue weighted by Gasteiger charge is 2.32. The summed E-state index contributed by atoms with van der Waals surface area (Å²) in [4.78, 5) is 15.5. The van der Waals surface area contributed by atoms with E-state index in [-0.39, 0.29) is 0 Å². The third kappa shape index (κ3) is 2.45. The van der Waals surface area contributed by atoms with Crippen molar-refractivity contribution in [3.63, 3.8) is 0 Å². The maximum absolute atomic E-state index is 11.0. The number of nitrogens with zero attached hydrogens (tertiary/aromatic N) is 1. The Morgan fingerprint density at radius 2 is 2.18 bits per heavy atom. The zero-order valence-electron chi connectivity index (χ0n) is 6.87. The quantitative estimate of drug-likeness (QED) is 0.510. The molecule has 2 N–H and O–H groups in total. The molecular weight excluding hydrogens is 150 g/mol.